The first-order valence-electron chi connectivity index (χ1n) is 8.04. The zero-order chi connectivity index (χ0) is 18.9. The Hall–Kier alpha value is -2.58. The highest BCUT2D eigenvalue weighted by Gasteiger charge is 2.22. The number of oxazole rings is 1. The van der Waals surface area contributed by atoms with Crippen molar-refractivity contribution in [3.05, 3.63) is 58.6 Å². The monoisotopic (exact) mass is 376 g/mol. The van der Waals surface area contributed by atoms with Crippen LogP contribution in [0.4, 0.5) is 0 Å². The maximum absolute atomic E-state index is 12.7. The van der Waals surface area contributed by atoms with Crippen LogP contribution >= 0.6 is 0 Å². The molecule has 138 valence electrons. The molecular weight excluding hydrogens is 356 g/mol. The molecule has 0 fully saturated rings. The van der Waals surface area contributed by atoms with Crippen molar-refractivity contribution in [1.29, 1.82) is 0 Å². The molecule has 26 heavy (non-hydrogen) atoms. The van der Waals surface area contributed by atoms with Crippen LogP contribution in [0, 0.1) is 6.92 Å². The molecular formula is C18H20N2O5S. The first-order valence-corrected chi connectivity index (χ1v) is 9.48. The van der Waals surface area contributed by atoms with Gasteiger partial charge in [0.2, 0.25) is 10.0 Å². The summed E-state index contributed by atoms with van der Waals surface area (Å²) in [6.07, 6.45) is 0. The second-order valence-corrected chi connectivity index (χ2v) is 8.09. The molecule has 1 aromatic heterocycles. The highest BCUT2D eigenvalue weighted by atomic mass is 32.2. The average Bonchev–Trinajstić information content (AvgIpc) is 2.90. The van der Waals surface area contributed by atoms with E-state index < -0.39 is 15.8 Å². The van der Waals surface area contributed by atoms with Crippen molar-refractivity contribution in [3.63, 3.8) is 0 Å². The normalized spacial score (nSPS) is 12.0. The minimum atomic E-state index is -3.71. The van der Waals surface area contributed by atoms with Crippen LogP contribution in [0.15, 0.2) is 56.6 Å². The SMILES string of the molecule is Cc1ccc(OCCN(C)S(=O)(=O)c2ccc3c(c2)oc(=O)n3C)cc1. The number of benzene rings is 2. The van der Waals surface area contributed by atoms with Gasteiger partial charge in [-0.1, -0.05) is 17.7 Å². The predicted molar refractivity (Wildman–Crippen MR) is 97.9 cm³/mol. The summed E-state index contributed by atoms with van der Waals surface area (Å²) >= 11 is 0. The molecule has 0 spiro atoms. The Kier molecular flexibility index (Phi) is 4.88. The number of hydrogen-bond donors (Lipinski definition) is 0. The highest BCUT2D eigenvalue weighted by Crippen LogP contribution is 2.20. The molecule has 0 aliphatic carbocycles. The summed E-state index contributed by atoms with van der Waals surface area (Å²) < 4.78 is 38.6. The molecule has 0 aliphatic heterocycles. The van der Waals surface area contributed by atoms with Crippen LogP contribution in [0.3, 0.4) is 0 Å². The Labute approximate surface area is 151 Å². The Balaban J connectivity index is 1.72. The van der Waals surface area contributed by atoms with Gasteiger partial charge in [-0.3, -0.25) is 4.57 Å². The fraction of sp³-hybridized carbons (Fsp3) is 0.278. The summed E-state index contributed by atoms with van der Waals surface area (Å²) in [7, 11) is -0.661. The van der Waals surface area contributed by atoms with E-state index in [9.17, 15) is 13.2 Å². The number of ether oxygens (including phenoxy) is 1. The molecule has 0 unspecified atom stereocenters. The third-order valence-corrected chi connectivity index (χ3v) is 6.02. The molecule has 0 atom stereocenters. The third kappa shape index (κ3) is 3.51. The first kappa shape index (κ1) is 18.2. The largest absolute Gasteiger partial charge is 0.492 e. The molecule has 0 saturated heterocycles. The number of hydrogen-bond acceptors (Lipinski definition) is 5. The minimum absolute atomic E-state index is 0.0668. The number of nitrogens with zero attached hydrogens (tertiary/aromatic N) is 2. The molecule has 0 bridgehead atoms. The summed E-state index contributed by atoms with van der Waals surface area (Å²) in [6, 6.07) is 11.9. The molecule has 3 aromatic rings. The van der Waals surface area contributed by atoms with Gasteiger partial charge in [0.05, 0.1) is 10.4 Å². The van der Waals surface area contributed by atoms with E-state index in [0.717, 1.165) is 5.56 Å². The second kappa shape index (κ2) is 6.97. The second-order valence-electron chi connectivity index (χ2n) is 6.04. The number of aryl methyl sites for hydroxylation is 2. The van der Waals surface area contributed by atoms with Gasteiger partial charge in [-0.15, -0.1) is 0 Å². The average molecular weight is 376 g/mol. The van der Waals surface area contributed by atoms with E-state index in [1.54, 1.807) is 13.1 Å². The Morgan fingerprint density at radius 3 is 2.54 bits per heavy atom. The Morgan fingerprint density at radius 2 is 1.85 bits per heavy atom. The van der Waals surface area contributed by atoms with Gasteiger partial charge >= 0.3 is 5.76 Å². The van der Waals surface area contributed by atoms with Crippen LogP contribution in [-0.4, -0.2) is 37.5 Å². The van der Waals surface area contributed by atoms with Crippen LogP contribution in [0.5, 0.6) is 5.75 Å². The smallest absolute Gasteiger partial charge is 0.419 e. The van der Waals surface area contributed by atoms with Crippen molar-refractivity contribution < 1.29 is 17.6 Å². The minimum Gasteiger partial charge on any atom is -0.492 e. The lowest BCUT2D eigenvalue weighted by Gasteiger charge is -2.17. The van der Waals surface area contributed by atoms with E-state index in [0.29, 0.717) is 11.3 Å². The third-order valence-electron chi connectivity index (χ3n) is 4.17. The summed E-state index contributed by atoms with van der Waals surface area (Å²) in [5.74, 6) is 0.156. The summed E-state index contributed by atoms with van der Waals surface area (Å²) in [4.78, 5) is 11.6. The molecule has 0 N–H and O–H groups in total. The number of fused-ring (bicyclic) bond motifs is 1. The van der Waals surface area contributed by atoms with E-state index in [1.807, 2.05) is 31.2 Å². The molecule has 0 amide bonds. The zero-order valence-corrected chi connectivity index (χ0v) is 15.6. The van der Waals surface area contributed by atoms with Gasteiger partial charge in [-0.25, -0.2) is 13.2 Å². The van der Waals surface area contributed by atoms with Crippen molar-refractivity contribution >= 4 is 21.1 Å². The van der Waals surface area contributed by atoms with E-state index in [1.165, 1.54) is 28.1 Å². The molecule has 0 saturated carbocycles. The molecule has 7 nitrogen and oxygen atoms in total. The summed E-state index contributed by atoms with van der Waals surface area (Å²) in [5, 5.41) is 0. The molecule has 3 rings (SSSR count). The predicted octanol–water partition coefficient (Wildman–Crippen LogP) is 2.14. The number of aromatic nitrogens is 1. The van der Waals surface area contributed by atoms with Crippen LogP contribution in [0.2, 0.25) is 0 Å². The zero-order valence-electron chi connectivity index (χ0n) is 14.8. The van der Waals surface area contributed by atoms with Crippen molar-refractivity contribution in [2.45, 2.75) is 11.8 Å². The fourth-order valence-corrected chi connectivity index (χ4v) is 3.67. The van der Waals surface area contributed by atoms with E-state index in [-0.39, 0.29) is 23.6 Å². The van der Waals surface area contributed by atoms with Crippen LogP contribution in [0.1, 0.15) is 5.56 Å². The fourth-order valence-electron chi connectivity index (χ4n) is 2.50. The van der Waals surface area contributed by atoms with Crippen LogP contribution in [0.25, 0.3) is 11.1 Å². The van der Waals surface area contributed by atoms with Crippen LogP contribution in [-0.2, 0) is 17.1 Å². The van der Waals surface area contributed by atoms with Gasteiger partial charge in [-0.2, -0.15) is 4.31 Å². The number of rotatable bonds is 6. The highest BCUT2D eigenvalue weighted by molar-refractivity contribution is 7.89. The lowest BCUT2D eigenvalue weighted by atomic mass is 10.2. The van der Waals surface area contributed by atoms with Gasteiger partial charge in [0.1, 0.15) is 12.4 Å². The quantitative estimate of drug-likeness (QED) is 0.658. The van der Waals surface area contributed by atoms with E-state index >= 15 is 0 Å². The molecule has 1 heterocycles. The summed E-state index contributed by atoms with van der Waals surface area (Å²) in [6.45, 7) is 2.39. The first-order chi connectivity index (χ1) is 12.3. The van der Waals surface area contributed by atoms with Gasteiger partial charge in [0.25, 0.3) is 0 Å². The summed E-state index contributed by atoms with van der Waals surface area (Å²) in [5.41, 5.74) is 1.90. The lowest BCUT2D eigenvalue weighted by Crippen LogP contribution is -2.31. The van der Waals surface area contributed by atoms with Crippen molar-refractivity contribution in [2.75, 3.05) is 20.2 Å². The van der Waals surface area contributed by atoms with Gasteiger partial charge in [0.15, 0.2) is 5.58 Å². The molecule has 0 radical (unpaired) electrons. The van der Waals surface area contributed by atoms with E-state index in [4.69, 9.17) is 9.15 Å². The number of likely N-dealkylation sites (N-methyl/N-ethyl adjacent to an activating group) is 1. The van der Waals surface area contributed by atoms with Crippen molar-refractivity contribution in [3.8, 4) is 5.75 Å². The standard InChI is InChI=1S/C18H20N2O5S/c1-13-4-6-14(7-5-13)24-11-10-19(2)26(22,23)15-8-9-16-17(12-15)25-18(21)20(16)3/h4-9,12H,10-11H2,1-3H3. The Bertz CT molecular complexity index is 1080. The van der Waals surface area contributed by atoms with Gasteiger partial charge < -0.3 is 9.15 Å². The molecule has 8 heteroatoms. The molecule has 2 aromatic carbocycles. The van der Waals surface area contributed by atoms with Crippen molar-refractivity contribution in [1.82, 2.24) is 8.87 Å². The lowest BCUT2D eigenvalue weighted by molar-refractivity contribution is 0.287. The van der Waals surface area contributed by atoms with E-state index in [2.05, 4.69) is 0 Å². The number of sulfonamides is 1. The van der Waals surface area contributed by atoms with Crippen LogP contribution < -0.4 is 10.5 Å². The molecule has 0 aliphatic rings. The maximum Gasteiger partial charge on any atom is 0.419 e. The Morgan fingerprint density at radius 1 is 1.15 bits per heavy atom. The van der Waals surface area contributed by atoms with Gasteiger partial charge in [-0.05, 0) is 31.2 Å². The van der Waals surface area contributed by atoms with Crippen molar-refractivity contribution in [2.24, 2.45) is 7.05 Å². The topological polar surface area (TPSA) is 81.8 Å². The maximum atomic E-state index is 12.7. The van der Waals surface area contributed by atoms with Gasteiger partial charge in [0, 0.05) is 26.7 Å².